The van der Waals surface area contributed by atoms with Gasteiger partial charge in [-0.25, -0.2) is 4.79 Å². The van der Waals surface area contributed by atoms with Crippen molar-refractivity contribution in [3.05, 3.63) is 35.9 Å². The molecule has 0 saturated heterocycles. The molecule has 2 unspecified atom stereocenters. The van der Waals surface area contributed by atoms with Crippen molar-refractivity contribution < 1.29 is 14.7 Å². The van der Waals surface area contributed by atoms with Gasteiger partial charge in [0.1, 0.15) is 6.54 Å². The van der Waals surface area contributed by atoms with Crippen LogP contribution in [0.3, 0.4) is 0 Å². The molecule has 0 saturated carbocycles. The zero-order valence-corrected chi connectivity index (χ0v) is 12.2. The Bertz CT molecular complexity index is 448. The normalized spacial score (nSPS) is 13.3. The van der Waals surface area contributed by atoms with Crippen LogP contribution < -0.4 is 5.32 Å². The van der Waals surface area contributed by atoms with Gasteiger partial charge in [0.2, 0.25) is 0 Å². The Hall–Kier alpha value is -2.04. The highest BCUT2D eigenvalue weighted by atomic mass is 16.4. The lowest BCUT2D eigenvalue weighted by atomic mass is 10.1. The van der Waals surface area contributed by atoms with Crippen LogP contribution in [0, 0.1) is 0 Å². The smallest absolute Gasteiger partial charge is 0.323 e. The molecule has 0 spiro atoms. The van der Waals surface area contributed by atoms with E-state index in [4.69, 9.17) is 5.11 Å². The summed E-state index contributed by atoms with van der Waals surface area (Å²) < 4.78 is 0. The first-order chi connectivity index (χ1) is 9.45. The van der Waals surface area contributed by atoms with Crippen molar-refractivity contribution >= 4 is 12.0 Å². The number of rotatable bonds is 6. The van der Waals surface area contributed by atoms with E-state index < -0.39 is 5.97 Å². The first-order valence-corrected chi connectivity index (χ1v) is 6.79. The van der Waals surface area contributed by atoms with E-state index in [9.17, 15) is 9.59 Å². The molecule has 0 bridgehead atoms. The van der Waals surface area contributed by atoms with E-state index in [0.29, 0.717) is 6.42 Å². The molecule has 2 N–H and O–H groups in total. The van der Waals surface area contributed by atoms with Crippen LogP contribution in [-0.4, -0.2) is 34.6 Å². The van der Waals surface area contributed by atoms with Crippen LogP contribution >= 0.6 is 0 Å². The maximum absolute atomic E-state index is 12.2. The molecule has 0 aromatic heterocycles. The molecule has 0 aliphatic carbocycles. The summed E-state index contributed by atoms with van der Waals surface area (Å²) in [6, 6.07) is 8.94. The van der Waals surface area contributed by atoms with Gasteiger partial charge < -0.3 is 15.3 Å². The lowest BCUT2D eigenvalue weighted by molar-refractivity contribution is -0.138. The Balaban J connectivity index is 2.73. The van der Waals surface area contributed by atoms with Crippen molar-refractivity contribution in [2.24, 2.45) is 0 Å². The third kappa shape index (κ3) is 4.57. The van der Waals surface area contributed by atoms with Gasteiger partial charge in [-0.15, -0.1) is 0 Å². The van der Waals surface area contributed by atoms with Gasteiger partial charge in [0, 0.05) is 6.04 Å². The lowest BCUT2D eigenvalue weighted by Crippen LogP contribution is -2.47. The van der Waals surface area contributed by atoms with Crippen molar-refractivity contribution in [1.82, 2.24) is 10.2 Å². The van der Waals surface area contributed by atoms with Crippen LogP contribution in [-0.2, 0) is 4.79 Å². The van der Waals surface area contributed by atoms with Crippen molar-refractivity contribution in [3.63, 3.8) is 0 Å². The van der Waals surface area contributed by atoms with Crippen LogP contribution in [0.4, 0.5) is 4.79 Å². The molecule has 0 fully saturated rings. The van der Waals surface area contributed by atoms with Crippen molar-refractivity contribution in [3.8, 4) is 0 Å². The van der Waals surface area contributed by atoms with E-state index in [0.717, 1.165) is 5.56 Å². The zero-order valence-electron chi connectivity index (χ0n) is 12.2. The predicted molar refractivity (Wildman–Crippen MR) is 77.5 cm³/mol. The minimum absolute atomic E-state index is 0.117. The molecule has 5 heteroatoms. The van der Waals surface area contributed by atoms with Crippen LogP contribution in [0.5, 0.6) is 0 Å². The van der Waals surface area contributed by atoms with Gasteiger partial charge in [-0.05, 0) is 25.8 Å². The first-order valence-electron chi connectivity index (χ1n) is 6.79. The van der Waals surface area contributed by atoms with Gasteiger partial charge in [0.05, 0.1) is 6.04 Å². The average molecular weight is 278 g/mol. The minimum atomic E-state index is -1.01. The first kappa shape index (κ1) is 16.0. The number of urea groups is 1. The number of aliphatic carboxylic acids is 1. The number of hydrogen-bond acceptors (Lipinski definition) is 2. The van der Waals surface area contributed by atoms with Crippen LogP contribution in [0.2, 0.25) is 0 Å². The fourth-order valence-corrected chi connectivity index (χ4v) is 1.89. The second-order valence-corrected chi connectivity index (χ2v) is 4.86. The summed E-state index contributed by atoms with van der Waals surface area (Å²) in [7, 11) is 0. The lowest BCUT2D eigenvalue weighted by Gasteiger charge is -2.28. The topological polar surface area (TPSA) is 69.6 Å². The molecule has 110 valence electrons. The van der Waals surface area contributed by atoms with E-state index in [1.807, 2.05) is 51.1 Å². The Kier molecular flexibility index (Phi) is 6.03. The number of carboxylic acid groups (broad SMARTS) is 1. The number of amides is 2. The van der Waals surface area contributed by atoms with Gasteiger partial charge in [-0.1, -0.05) is 37.3 Å². The van der Waals surface area contributed by atoms with Gasteiger partial charge in [0.15, 0.2) is 0 Å². The Morgan fingerprint density at radius 2 is 1.85 bits per heavy atom. The van der Waals surface area contributed by atoms with Crippen LogP contribution in [0.1, 0.15) is 38.8 Å². The van der Waals surface area contributed by atoms with E-state index in [1.54, 1.807) is 0 Å². The molecule has 0 radical (unpaired) electrons. The summed E-state index contributed by atoms with van der Waals surface area (Å²) in [6.07, 6.45) is 0.709. The molecule has 2 amide bonds. The molecule has 2 atom stereocenters. The number of carboxylic acids is 1. The molecule has 5 nitrogen and oxygen atoms in total. The predicted octanol–water partition coefficient (Wildman–Crippen LogP) is 2.64. The summed E-state index contributed by atoms with van der Waals surface area (Å²) >= 11 is 0. The van der Waals surface area contributed by atoms with E-state index in [1.165, 1.54) is 4.90 Å². The minimum Gasteiger partial charge on any atom is -0.480 e. The number of hydrogen-bond donors (Lipinski definition) is 2. The summed E-state index contributed by atoms with van der Waals surface area (Å²) in [6.45, 7) is 5.36. The zero-order chi connectivity index (χ0) is 15.1. The largest absolute Gasteiger partial charge is 0.480 e. The van der Waals surface area contributed by atoms with Gasteiger partial charge >= 0.3 is 12.0 Å². The highest BCUT2D eigenvalue weighted by molar-refractivity contribution is 5.80. The molecule has 0 aliphatic rings. The number of nitrogens with one attached hydrogen (secondary N) is 1. The number of carbonyl (C=O) groups excluding carboxylic acids is 1. The molecule has 1 rings (SSSR count). The second-order valence-electron chi connectivity index (χ2n) is 4.86. The quantitative estimate of drug-likeness (QED) is 0.840. The SMILES string of the molecule is CCC(C)N(CC(=O)O)C(=O)NC(C)c1ccccc1. The van der Waals surface area contributed by atoms with E-state index in [2.05, 4.69) is 5.32 Å². The average Bonchev–Trinajstić information content (AvgIpc) is 2.44. The summed E-state index contributed by atoms with van der Waals surface area (Å²) in [4.78, 5) is 24.4. The van der Waals surface area contributed by atoms with Gasteiger partial charge in [0.25, 0.3) is 0 Å². The van der Waals surface area contributed by atoms with Crippen LogP contribution in [0.15, 0.2) is 30.3 Å². The standard InChI is InChI=1S/C15H22N2O3/c1-4-11(2)17(10-14(18)19)15(20)16-12(3)13-8-6-5-7-9-13/h5-9,11-12H,4,10H2,1-3H3,(H,16,20)(H,18,19). The molecule has 1 aromatic rings. The Morgan fingerprint density at radius 1 is 1.25 bits per heavy atom. The molecular weight excluding hydrogens is 256 g/mol. The highest BCUT2D eigenvalue weighted by Gasteiger charge is 2.22. The summed E-state index contributed by atoms with van der Waals surface area (Å²) in [5.74, 6) is -1.01. The van der Waals surface area contributed by atoms with Crippen LogP contribution in [0.25, 0.3) is 0 Å². The maximum Gasteiger partial charge on any atom is 0.323 e. The fourth-order valence-electron chi connectivity index (χ4n) is 1.89. The number of benzene rings is 1. The van der Waals surface area contributed by atoms with Gasteiger partial charge in [-0.3, -0.25) is 4.79 Å². The Morgan fingerprint density at radius 3 is 2.35 bits per heavy atom. The number of nitrogens with zero attached hydrogens (tertiary/aromatic N) is 1. The summed E-state index contributed by atoms with van der Waals surface area (Å²) in [5.41, 5.74) is 0.986. The van der Waals surface area contributed by atoms with Crippen molar-refractivity contribution in [1.29, 1.82) is 0 Å². The highest BCUT2D eigenvalue weighted by Crippen LogP contribution is 2.13. The van der Waals surface area contributed by atoms with E-state index in [-0.39, 0.29) is 24.7 Å². The molecule has 0 aliphatic heterocycles. The third-order valence-electron chi connectivity index (χ3n) is 3.33. The second kappa shape index (κ2) is 7.53. The fraction of sp³-hybridized carbons (Fsp3) is 0.467. The van der Waals surface area contributed by atoms with E-state index >= 15 is 0 Å². The maximum atomic E-state index is 12.2. The molecule has 1 aromatic carbocycles. The molecule has 20 heavy (non-hydrogen) atoms. The third-order valence-corrected chi connectivity index (χ3v) is 3.33. The Labute approximate surface area is 119 Å². The monoisotopic (exact) mass is 278 g/mol. The molecule has 0 heterocycles. The van der Waals surface area contributed by atoms with Crippen molar-refractivity contribution in [2.45, 2.75) is 39.3 Å². The molecular formula is C15H22N2O3. The van der Waals surface area contributed by atoms with Gasteiger partial charge in [-0.2, -0.15) is 0 Å². The summed E-state index contributed by atoms with van der Waals surface area (Å²) in [5, 5.41) is 11.7. The van der Waals surface area contributed by atoms with Crippen molar-refractivity contribution in [2.75, 3.05) is 6.54 Å². The number of carbonyl (C=O) groups is 2.